The Balaban J connectivity index is 1.49. The van der Waals surface area contributed by atoms with E-state index in [1.165, 1.54) is 76.2 Å². The summed E-state index contributed by atoms with van der Waals surface area (Å²) in [5, 5.41) is 0. The minimum atomic E-state index is -0.0352. The smallest absolute Gasteiger partial charge is 0.123 e. The molecular weight excluding hydrogens is 296 g/mol. The maximum absolute atomic E-state index is 5.85. The number of aryl methyl sites for hydroxylation is 1. The first-order valence-electron chi connectivity index (χ1n) is 10.1. The first-order chi connectivity index (χ1) is 11.7. The minimum Gasteiger partial charge on any atom is -0.490 e. The Hall–Kier alpha value is -1.02. The third-order valence-corrected chi connectivity index (χ3v) is 4.90. The number of benzene rings is 1. The van der Waals surface area contributed by atoms with Crippen LogP contribution >= 0.6 is 0 Å². The molecule has 0 aromatic heterocycles. The Morgan fingerprint density at radius 2 is 1.58 bits per heavy atom. The van der Waals surface area contributed by atoms with E-state index in [2.05, 4.69) is 32.0 Å². The third-order valence-electron chi connectivity index (χ3n) is 4.90. The molecule has 1 saturated heterocycles. The second kappa shape index (κ2) is 10.8. The molecule has 1 aliphatic heterocycles. The van der Waals surface area contributed by atoms with Gasteiger partial charge in [0.05, 0.1) is 6.61 Å². The number of rotatable bonds is 14. The van der Waals surface area contributed by atoms with Crippen molar-refractivity contribution in [3.05, 3.63) is 29.8 Å². The lowest BCUT2D eigenvalue weighted by Gasteiger charge is -2.10. The molecule has 0 aliphatic carbocycles. The average Bonchev–Trinajstić information content (AvgIpc) is 3.33. The van der Waals surface area contributed by atoms with Gasteiger partial charge in [-0.2, -0.15) is 0 Å². The highest BCUT2D eigenvalue weighted by Crippen LogP contribution is 2.27. The molecule has 1 aliphatic rings. The fourth-order valence-corrected chi connectivity index (χ4v) is 3.05. The molecule has 0 N–H and O–H groups in total. The summed E-state index contributed by atoms with van der Waals surface area (Å²) in [7, 11) is 0. The van der Waals surface area contributed by atoms with E-state index in [0.29, 0.717) is 6.61 Å². The van der Waals surface area contributed by atoms with Crippen molar-refractivity contribution < 1.29 is 9.47 Å². The van der Waals surface area contributed by atoms with Gasteiger partial charge in [0.15, 0.2) is 0 Å². The quantitative estimate of drug-likeness (QED) is 0.294. The van der Waals surface area contributed by atoms with Gasteiger partial charge in [-0.25, -0.2) is 0 Å². The van der Waals surface area contributed by atoms with E-state index in [1.54, 1.807) is 0 Å². The summed E-state index contributed by atoms with van der Waals surface area (Å²) in [6, 6.07) is 8.57. The lowest BCUT2D eigenvalue weighted by molar-refractivity contribution is 0.202. The van der Waals surface area contributed by atoms with Crippen molar-refractivity contribution in [3.8, 4) is 5.75 Å². The van der Waals surface area contributed by atoms with Crippen molar-refractivity contribution in [2.24, 2.45) is 0 Å². The van der Waals surface area contributed by atoms with Gasteiger partial charge in [0.25, 0.3) is 0 Å². The maximum Gasteiger partial charge on any atom is 0.123 e. The molecule has 1 aromatic carbocycles. The number of hydrogen-bond acceptors (Lipinski definition) is 2. The van der Waals surface area contributed by atoms with E-state index >= 15 is 0 Å². The molecule has 24 heavy (non-hydrogen) atoms. The van der Waals surface area contributed by atoms with Crippen LogP contribution in [0, 0.1) is 0 Å². The largest absolute Gasteiger partial charge is 0.490 e. The molecule has 0 amide bonds. The monoisotopic (exact) mass is 332 g/mol. The molecule has 2 heteroatoms. The van der Waals surface area contributed by atoms with Gasteiger partial charge in [-0.05, 0) is 37.5 Å². The summed E-state index contributed by atoms with van der Waals surface area (Å²) in [6.45, 7) is 5.87. The van der Waals surface area contributed by atoms with Gasteiger partial charge in [-0.1, -0.05) is 76.8 Å². The van der Waals surface area contributed by atoms with Crippen LogP contribution in [0.5, 0.6) is 5.75 Å². The Labute approximate surface area is 148 Å². The van der Waals surface area contributed by atoms with Crippen molar-refractivity contribution in [2.75, 3.05) is 13.2 Å². The van der Waals surface area contributed by atoms with E-state index in [-0.39, 0.29) is 5.60 Å². The molecule has 0 saturated carbocycles. The minimum absolute atomic E-state index is 0.0352. The zero-order chi connectivity index (χ0) is 17.1. The summed E-state index contributed by atoms with van der Waals surface area (Å²) in [6.07, 6.45) is 15.1. The van der Waals surface area contributed by atoms with Crippen LogP contribution in [-0.4, -0.2) is 18.8 Å². The number of ether oxygens (including phenoxy) is 2. The second-order valence-electron chi connectivity index (χ2n) is 7.61. The van der Waals surface area contributed by atoms with Crippen LogP contribution in [0.25, 0.3) is 0 Å². The highest BCUT2D eigenvalue weighted by Gasteiger charge is 2.40. The van der Waals surface area contributed by atoms with Crippen LogP contribution in [0.15, 0.2) is 24.3 Å². The van der Waals surface area contributed by atoms with E-state index in [9.17, 15) is 0 Å². The normalized spacial score (nSPS) is 19.4. The molecule has 1 atom stereocenters. The first-order valence-corrected chi connectivity index (χ1v) is 10.1. The predicted octanol–water partition coefficient (Wildman–Crippen LogP) is 6.32. The van der Waals surface area contributed by atoms with Crippen LogP contribution in [0.2, 0.25) is 0 Å². The van der Waals surface area contributed by atoms with Gasteiger partial charge in [0.1, 0.15) is 18.0 Å². The second-order valence-corrected chi connectivity index (χ2v) is 7.61. The average molecular weight is 333 g/mol. The number of epoxide rings is 1. The van der Waals surface area contributed by atoms with E-state index in [0.717, 1.165) is 12.4 Å². The van der Waals surface area contributed by atoms with Crippen molar-refractivity contribution in [1.29, 1.82) is 0 Å². The Kier molecular flexibility index (Phi) is 8.66. The van der Waals surface area contributed by atoms with Crippen molar-refractivity contribution in [1.82, 2.24) is 0 Å². The van der Waals surface area contributed by atoms with Crippen molar-refractivity contribution in [2.45, 2.75) is 90.1 Å². The summed E-state index contributed by atoms with van der Waals surface area (Å²) >= 11 is 0. The molecule has 0 radical (unpaired) electrons. The highest BCUT2D eigenvalue weighted by atomic mass is 16.6. The number of unbranched alkanes of at least 4 members (excludes halogenated alkanes) is 9. The zero-order valence-electron chi connectivity index (χ0n) is 15.8. The number of hydrogen-bond donors (Lipinski definition) is 0. The molecule has 2 nitrogen and oxygen atoms in total. The first kappa shape index (κ1) is 19.3. The SMILES string of the molecule is CCCCCCCCCCCCc1cccc(OCC2(C)CO2)c1. The van der Waals surface area contributed by atoms with Crippen molar-refractivity contribution >= 4 is 0 Å². The highest BCUT2D eigenvalue weighted by molar-refractivity contribution is 5.28. The van der Waals surface area contributed by atoms with Gasteiger partial charge >= 0.3 is 0 Å². The molecule has 0 bridgehead atoms. The van der Waals surface area contributed by atoms with Crippen LogP contribution in [0.3, 0.4) is 0 Å². The fraction of sp³-hybridized carbons (Fsp3) is 0.727. The van der Waals surface area contributed by atoms with E-state index in [1.807, 2.05) is 6.07 Å². The summed E-state index contributed by atoms with van der Waals surface area (Å²) in [5.74, 6) is 0.983. The van der Waals surface area contributed by atoms with E-state index in [4.69, 9.17) is 9.47 Å². The summed E-state index contributed by atoms with van der Waals surface area (Å²) < 4.78 is 11.2. The van der Waals surface area contributed by atoms with Crippen LogP contribution in [0.1, 0.15) is 83.6 Å². The van der Waals surface area contributed by atoms with E-state index < -0.39 is 0 Å². The maximum atomic E-state index is 5.85. The fourth-order valence-electron chi connectivity index (χ4n) is 3.05. The lowest BCUT2D eigenvalue weighted by Crippen LogP contribution is -2.16. The topological polar surface area (TPSA) is 21.8 Å². The zero-order valence-corrected chi connectivity index (χ0v) is 15.8. The molecule has 2 rings (SSSR count). The predicted molar refractivity (Wildman–Crippen MR) is 102 cm³/mol. The molecule has 1 heterocycles. The van der Waals surface area contributed by atoms with Crippen LogP contribution in [0.4, 0.5) is 0 Å². The third kappa shape index (κ3) is 8.19. The molecule has 1 unspecified atom stereocenters. The molecule has 136 valence electrons. The van der Waals surface area contributed by atoms with Gasteiger partial charge in [0, 0.05) is 0 Å². The Morgan fingerprint density at radius 1 is 0.958 bits per heavy atom. The summed E-state index contributed by atoms with van der Waals surface area (Å²) in [4.78, 5) is 0. The molecule has 1 aromatic rings. The molecular formula is C22H36O2. The molecule has 0 spiro atoms. The van der Waals surface area contributed by atoms with Crippen molar-refractivity contribution in [3.63, 3.8) is 0 Å². The standard InChI is InChI=1S/C22H36O2/c1-3-4-5-6-7-8-9-10-11-12-14-20-15-13-16-21(17-20)23-18-22(2)19-24-22/h13,15-17H,3-12,14,18-19H2,1-2H3. The summed E-state index contributed by atoms with van der Waals surface area (Å²) in [5.41, 5.74) is 1.36. The van der Waals surface area contributed by atoms with Gasteiger partial charge in [0.2, 0.25) is 0 Å². The Bertz CT molecular complexity index is 451. The molecule has 1 fully saturated rings. The van der Waals surface area contributed by atoms with Crippen LogP contribution in [-0.2, 0) is 11.2 Å². The Morgan fingerprint density at radius 3 is 2.21 bits per heavy atom. The van der Waals surface area contributed by atoms with Gasteiger partial charge in [-0.15, -0.1) is 0 Å². The van der Waals surface area contributed by atoms with Gasteiger partial charge < -0.3 is 9.47 Å². The lowest BCUT2D eigenvalue weighted by atomic mass is 10.0. The van der Waals surface area contributed by atoms with Gasteiger partial charge in [-0.3, -0.25) is 0 Å². The van der Waals surface area contributed by atoms with Crippen LogP contribution < -0.4 is 4.74 Å².